The Morgan fingerprint density at radius 1 is 0.702 bits per heavy atom. The highest BCUT2D eigenvalue weighted by atomic mass is 35.5. The second-order valence-corrected chi connectivity index (χ2v) is 16.3. The quantitative estimate of drug-likeness (QED) is 0.0377. The summed E-state index contributed by atoms with van der Waals surface area (Å²) >= 11 is 6.00. The monoisotopic (exact) mass is 858 g/mol. The van der Waals surface area contributed by atoms with Crippen LogP contribution in [0.25, 0.3) is 10.8 Å². The minimum absolute atomic E-state index is 0.0239. The van der Waals surface area contributed by atoms with Crippen molar-refractivity contribution in [3.05, 3.63) is 95.5 Å². The topological polar surface area (TPSA) is 322 Å². The summed E-state index contributed by atoms with van der Waals surface area (Å²) < 4.78 is 116. The number of nitrogens with zero attached hydrogens (tertiary/aromatic N) is 7. The zero-order valence-corrected chi connectivity index (χ0v) is 31.6. The van der Waals surface area contributed by atoms with Gasteiger partial charge in [-0.05, 0) is 90.7 Å². The Balaban J connectivity index is 1.39. The van der Waals surface area contributed by atoms with Gasteiger partial charge in [0.1, 0.15) is 26.9 Å². The molecule has 1 aromatic heterocycles. The van der Waals surface area contributed by atoms with E-state index in [1.165, 1.54) is 25.1 Å². The molecular weight excluding hydrogens is 835 g/mol. The molecule has 0 spiro atoms. The number of anilines is 5. The van der Waals surface area contributed by atoms with Gasteiger partial charge in [-0.15, -0.1) is 15.3 Å². The molecule has 0 saturated carbocycles. The van der Waals surface area contributed by atoms with E-state index in [4.69, 9.17) is 17.3 Å². The van der Waals surface area contributed by atoms with Crippen LogP contribution in [0.1, 0.15) is 5.56 Å². The summed E-state index contributed by atoms with van der Waals surface area (Å²) in [5.41, 5.74) is 4.89. The fraction of sp³-hybridized carbons (Fsp3) is 0.0312. The number of nitrogen functional groups attached to an aromatic ring is 1. The largest absolute Gasteiger partial charge is 0.505 e. The Hall–Kier alpha value is -6.28. The number of fused-ring (bicyclic) bond motifs is 1. The Morgan fingerprint density at radius 2 is 1.32 bits per heavy atom. The number of hydrogen-bond acceptors (Lipinski definition) is 17. The molecule has 294 valence electrons. The average molecular weight is 859 g/mol. The lowest BCUT2D eigenvalue weighted by molar-refractivity contribution is 0.480. The van der Waals surface area contributed by atoms with E-state index >= 15 is 0 Å². The molecule has 0 aliphatic carbocycles. The highest BCUT2D eigenvalue weighted by molar-refractivity contribution is 7.86. The van der Waals surface area contributed by atoms with Gasteiger partial charge in [0, 0.05) is 16.4 Å². The van der Waals surface area contributed by atoms with Crippen molar-refractivity contribution < 1.29 is 48.4 Å². The lowest BCUT2D eigenvalue weighted by Crippen LogP contribution is -2.06. The van der Waals surface area contributed by atoms with Crippen molar-refractivity contribution in [1.82, 2.24) is 15.0 Å². The van der Waals surface area contributed by atoms with Gasteiger partial charge in [-0.2, -0.15) is 49.7 Å². The van der Waals surface area contributed by atoms with E-state index in [0.717, 1.165) is 42.5 Å². The molecule has 6 rings (SSSR count). The molecule has 0 amide bonds. The van der Waals surface area contributed by atoms with Crippen molar-refractivity contribution in [1.29, 1.82) is 0 Å². The number of aromatic hydroxyl groups is 1. The summed E-state index contributed by atoms with van der Waals surface area (Å²) in [6.45, 7) is 1.42. The van der Waals surface area contributed by atoms with Crippen molar-refractivity contribution in [2.75, 3.05) is 16.4 Å². The predicted molar refractivity (Wildman–Crippen MR) is 203 cm³/mol. The number of aryl methyl sites for hydroxylation is 1. The third kappa shape index (κ3) is 9.24. The summed E-state index contributed by atoms with van der Waals surface area (Å²) in [7, 11) is -14.5. The van der Waals surface area contributed by atoms with E-state index in [1.807, 2.05) is 0 Å². The number of benzene rings is 5. The number of phenols is 1. The Kier molecular flexibility index (Phi) is 10.9. The molecule has 1 heterocycles. The van der Waals surface area contributed by atoms with E-state index in [9.17, 15) is 48.4 Å². The maximum Gasteiger partial charge on any atom is 0.315 e. The van der Waals surface area contributed by atoms with Gasteiger partial charge in [0.15, 0.2) is 5.75 Å². The van der Waals surface area contributed by atoms with Gasteiger partial charge in [-0.3, -0.25) is 13.7 Å². The van der Waals surface area contributed by atoms with Crippen molar-refractivity contribution in [2.24, 2.45) is 20.5 Å². The average Bonchev–Trinajstić information content (AvgIpc) is 3.09. The third-order valence-corrected chi connectivity index (χ3v) is 10.5. The van der Waals surface area contributed by atoms with Crippen molar-refractivity contribution in [3.8, 4) is 5.75 Å². The number of halogens is 2. The molecule has 8 N–H and O–H groups in total. The molecule has 0 saturated heterocycles. The normalized spacial score (nSPS) is 12.5. The summed E-state index contributed by atoms with van der Waals surface area (Å²) in [5, 5.41) is 32.5. The maximum absolute atomic E-state index is 14.4. The van der Waals surface area contributed by atoms with Gasteiger partial charge in [-0.25, -0.2) is 0 Å². The maximum atomic E-state index is 14.4. The van der Waals surface area contributed by atoms with Gasteiger partial charge in [0.2, 0.25) is 11.9 Å². The fourth-order valence-corrected chi connectivity index (χ4v) is 7.12. The molecule has 0 radical (unpaired) electrons. The summed E-state index contributed by atoms with van der Waals surface area (Å²) in [6, 6.07) is 16.1. The molecule has 57 heavy (non-hydrogen) atoms. The fourth-order valence-electron chi connectivity index (χ4n) is 5.17. The van der Waals surface area contributed by atoms with Crippen LogP contribution < -0.4 is 16.4 Å². The second kappa shape index (κ2) is 15.3. The number of azo groups is 2. The number of nitrogens with one attached hydrogen (secondary N) is 2. The number of nitrogens with two attached hydrogens (primary N) is 1. The first-order valence-electron chi connectivity index (χ1n) is 15.5. The molecule has 5 aromatic carbocycles. The minimum atomic E-state index is -5.02. The van der Waals surface area contributed by atoms with E-state index in [1.54, 1.807) is 18.2 Å². The molecule has 0 fully saturated rings. The summed E-state index contributed by atoms with van der Waals surface area (Å²) in [6.07, 6.45) is -1.18. The van der Waals surface area contributed by atoms with Crippen LogP contribution in [0.4, 0.5) is 56.1 Å². The standard InChI is InChI=1S/C32H24ClFN10O10S3/c1-15-11-16-12-24(57(52,53)54)28(44-41-18-5-8-21(9-6-18)55(46,47)48)26(35)25(16)29(45)27(15)43-42-22-14-20(7-10-23(22)56(49,50)51)37-32-39-30(34)38-31(40-32)36-19-4-2-3-17(33)13-19/h2-14,45H,35H2,1H3,(H,46,47,48)(H,49,50,51)(H,52,53,54)(H2,36,37,38,39,40). The van der Waals surface area contributed by atoms with Crippen LogP contribution in [-0.2, 0) is 30.4 Å². The summed E-state index contributed by atoms with van der Waals surface area (Å²) in [4.78, 5) is 9.25. The highest BCUT2D eigenvalue weighted by Gasteiger charge is 2.25. The van der Waals surface area contributed by atoms with E-state index < -0.39 is 73.9 Å². The van der Waals surface area contributed by atoms with Crippen molar-refractivity contribution in [3.63, 3.8) is 0 Å². The molecule has 0 aliphatic heterocycles. The zero-order valence-electron chi connectivity index (χ0n) is 28.4. The van der Waals surface area contributed by atoms with Crippen LogP contribution in [0.2, 0.25) is 5.02 Å². The van der Waals surface area contributed by atoms with Crippen molar-refractivity contribution in [2.45, 2.75) is 21.6 Å². The first-order valence-corrected chi connectivity index (χ1v) is 20.2. The lowest BCUT2D eigenvalue weighted by Gasteiger charge is -2.14. The minimum Gasteiger partial charge on any atom is -0.505 e. The molecule has 0 bridgehead atoms. The molecule has 6 aromatic rings. The van der Waals surface area contributed by atoms with Gasteiger partial charge in [0.05, 0.1) is 21.7 Å². The third-order valence-electron chi connectivity index (χ3n) is 7.66. The molecule has 0 aliphatic rings. The Labute approximate surface area is 326 Å². The van der Waals surface area contributed by atoms with Crippen LogP contribution >= 0.6 is 11.6 Å². The second-order valence-electron chi connectivity index (χ2n) is 11.6. The lowest BCUT2D eigenvalue weighted by atomic mass is 10.0. The first-order chi connectivity index (χ1) is 26.7. The molecule has 0 unspecified atom stereocenters. The van der Waals surface area contributed by atoms with E-state index in [-0.39, 0.29) is 45.3 Å². The number of aromatic nitrogens is 3. The number of rotatable bonds is 11. The van der Waals surface area contributed by atoms with Gasteiger partial charge in [-0.1, -0.05) is 17.7 Å². The highest BCUT2D eigenvalue weighted by Crippen LogP contribution is 2.47. The molecule has 25 heteroatoms. The number of phenolic OH excluding ortho intramolecular Hbond substituents is 1. The summed E-state index contributed by atoms with van der Waals surface area (Å²) in [5.74, 6) is -1.25. The molecule has 0 atom stereocenters. The molecule has 20 nitrogen and oxygen atoms in total. The van der Waals surface area contributed by atoms with E-state index in [2.05, 4.69) is 46.0 Å². The van der Waals surface area contributed by atoms with Gasteiger partial charge < -0.3 is 21.5 Å². The predicted octanol–water partition coefficient (Wildman–Crippen LogP) is 7.47. The molecular formula is C32H24ClFN10O10S3. The zero-order chi connectivity index (χ0) is 41.4. The van der Waals surface area contributed by atoms with Gasteiger partial charge >= 0.3 is 6.08 Å². The van der Waals surface area contributed by atoms with Crippen LogP contribution in [0.15, 0.2) is 114 Å². The van der Waals surface area contributed by atoms with E-state index in [0.29, 0.717) is 10.7 Å². The number of hydrogen-bond donors (Lipinski definition) is 7. The smallest absolute Gasteiger partial charge is 0.315 e. The van der Waals surface area contributed by atoms with Gasteiger partial charge in [0.25, 0.3) is 30.4 Å². The Morgan fingerprint density at radius 3 is 1.91 bits per heavy atom. The first kappa shape index (κ1) is 40.4. The van der Waals surface area contributed by atoms with Crippen LogP contribution in [0.3, 0.4) is 0 Å². The Bertz CT molecular complexity index is 3010. The van der Waals surface area contributed by atoms with Crippen LogP contribution in [0, 0.1) is 13.0 Å². The SMILES string of the molecule is Cc1cc2cc(S(=O)(=O)O)c(N=Nc3ccc(S(=O)(=O)O)cc3)c(N)c2c(O)c1N=Nc1cc(Nc2nc(F)nc(Nc3cccc(Cl)c3)n2)ccc1S(=O)(=O)O. The van der Waals surface area contributed by atoms with Crippen molar-refractivity contribution >= 4 is 104 Å². The van der Waals surface area contributed by atoms with Crippen LogP contribution in [-0.4, -0.2) is 59.0 Å². The van der Waals surface area contributed by atoms with Crippen LogP contribution in [0.5, 0.6) is 5.75 Å².